The molecule has 29 heavy (non-hydrogen) atoms. The van der Waals surface area contributed by atoms with E-state index < -0.39 is 0 Å². The van der Waals surface area contributed by atoms with Gasteiger partial charge in [0.2, 0.25) is 5.91 Å². The Labute approximate surface area is 170 Å². The number of aromatic nitrogens is 2. The van der Waals surface area contributed by atoms with Crippen LogP contribution in [0.3, 0.4) is 0 Å². The third-order valence-electron chi connectivity index (χ3n) is 5.73. The van der Waals surface area contributed by atoms with E-state index in [1.54, 1.807) is 24.3 Å². The lowest BCUT2D eigenvalue weighted by molar-refractivity contribution is -0.134. The number of fused-ring (bicyclic) bond motifs is 1. The van der Waals surface area contributed by atoms with Gasteiger partial charge in [0.05, 0.1) is 11.6 Å². The Kier molecular flexibility index (Phi) is 5.30. The molecule has 1 amide bonds. The fourth-order valence-electron chi connectivity index (χ4n) is 4.11. The number of benzene rings is 1. The molecule has 1 aliphatic carbocycles. The number of rotatable bonds is 5. The minimum absolute atomic E-state index is 0.0381. The van der Waals surface area contributed by atoms with Crippen LogP contribution in [0.2, 0.25) is 0 Å². The highest BCUT2D eigenvalue weighted by Gasteiger charge is 2.35. The quantitative estimate of drug-likeness (QED) is 0.722. The van der Waals surface area contributed by atoms with Crippen molar-refractivity contribution in [2.45, 2.75) is 26.2 Å². The van der Waals surface area contributed by atoms with Gasteiger partial charge in [0.1, 0.15) is 0 Å². The lowest BCUT2D eigenvalue weighted by atomic mass is 9.83. The normalized spacial score (nSPS) is 15.8. The second-order valence-electron chi connectivity index (χ2n) is 7.61. The second kappa shape index (κ2) is 8.03. The summed E-state index contributed by atoms with van der Waals surface area (Å²) < 4.78 is 0. The first-order valence-electron chi connectivity index (χ1n) is 10.0. The maximum atomic E-state index is 13.2. The maximum absolute atomic E-state index is 13.2. The van der Waals surface area contributed by atoms with Gasteiger partial charge in [-0.25, -0.2) is 0 Å². The van der Waals surface area contributed by atoms with Crippen molar-refractivity contribution in [3.63, 3.8) is 0 Å². The summed E-state index contributed by atoms with van der Waals surface area (Å²) in [6.45, 7) is 2.59. The number of carbonyl (C=O) groups is 2. The van der Waals surface area contributed by atoms with Gasteiger partial charge >= 0.3 is 0 Å². The Balaban J connectivity index is 1.78. The number of amides is 1. The van der Waals surface area contributed by atoms with Crippen LogP contribution in [-0.4, -0.2) is 40.2 Å². The summed E-state index contributed by atoms with van der Waals surface area (Å²) in [5.41, 5.74) is 5.76. The smallest absolute Gasteiger partial charge is 0.226 e. The molecule has 0 saturated heterocycles. The summed E-state index contributed by atoms with van der Waals surface area (Å²) in [5.74, 6) is -0.207. The predicted octanol–water partition coefficient (Wildman–Crippen LogP) is 3.89. The van der Waals surface area contributed by atoms with E-state index >= 15 is 0 Å². The van der Waals surface area contributed by atoms with Crippen LogP contribution in [0.4, 0.5) is 0 Å². The van der Waals surface area contributed by atoms with Gasteiger partial charge in [-0.15, -0.1) is 0 Å². The summed E-state index contributed by atoms with van der Waals surface area (Å²) in [5, 5.41) is 0. The monoisotopic (exact) mass is 387 g/mol. The number of nitrogens with one attached hydrogen (secondary N) is 1. The lowest BCUT2D eigenvalue weighted by Gasteiger charge is -2.25. The number of pyridine rings is 1. The molecule has 1 aromatic carbocycles. The van der Waals surface area contributed by atoms with Gasteiger partial charge in [-0.3, -0.25) is 14.6 Å². The lowest BCUT2D eigenvalue weighted by Crippen LogP contribution is -2.37. The number of hydrogen-bond donors (Lipinski definition) is 1. The Bertz CT molecular complexity index is 1030. The van der Waals surface area contributed by atoms with E-state index in [1.807, 2.05) is 37.3 Å². The highest BCUT2D eigenvalue weighted by atomic mass is 16.2. The number of carbonyl (C=O) groups excluding carboxylic acids is 2. The third-order valence-corrected chi connectivity index (χ3v) is 5.73. The van der Waals surface area contributed by atoms with Crippen molar-refractivity contribution in [2.75, 3.05) is 13.6 Å². The van der Waals surface area contributed by atoms with Gasteiger partial charge in [0, 0.05) is 62.1 Å². The molecule has 2 heterocycles. The highest BCUT2D eigenvalue weighted by molar-refractivity contribution is 6.04. The van der Waals surface area contributed by atoms with Gasteiger partial charge in [0.25, 0.3) is 0 Å². The number of H-pyrrole nitrogens is 1. The summed E-state index contributed by atoms with van der Waals surface area (Å²) in [7, 11) is 1.79. The van der Waals surface area contributed by atoms with E-state index in [0.717, 1.165) is 33.6 Å². The topological polar surface area (TPSA) is 66.1 Å². The molecule has 5 nitrogen and oxygen atoms in total. The number of Topliss-reactive ketones (excluding diaryl/α,β-unsaturated/α-hetero) is 1. The average Bonchev–Trinajstić information content (AvgIpc) is 3.12. The molecule has 1 atom stereocenters. The Morgan fingerprint density at radius 3 is 2.55 bits per heavy atom. The van der Waals surface area contributed by atoms with Crippen LogP contribution in [-0.2, 0) is 17.6 Å². The molecule has 3 aromatic rings. The minimum atomic E-state index is -0.298. The summed E-state index contributed by atoms with van der Waals surface area (Å²) in [4.78, 5) is 35.2. The van der Waals surface area contributed by atoms with Gasteiger partial charge in [-0.2, -0.15) is 0 Å². The minimum Gasteiger partial charge on any atom is -0.358 e. The molecule has 0 saturated carbocycles. The van der Waals surface area contributed by atoms with E-state index in [9.17, 15) is 9.59 Å². The zero-order valence-electron chi connectivity index (χ0n) is 16.8. The molecular weight excluding hydrogens is 362 g/mol. The SMILES string of the molecule is CCN(C)C(=O)C1CC(=O)c2c([nH]c(-c3ccncc3)c2Cc2ccccc2)C1. The highest BCUT2D eigenvalue weighted by Crippen LogP contribution is 2.36. The third kappa shape index (κ3) is 3.73. The molecule has 4 rings (SSSR count). The zero-order valence-corrected chi connectivity index (χ0v) is 16.8. The van der Waals surface area contributed by atoms with Crippen LogP contribution < -0.4 is 0 Å². The summed E-state index contributed by atoms with van der Waals surface area (Å²) in [6.07, 6.45) is 5.02. The van der Waals surface area contributed by atoms with Crippen LogP contribution >= 0.6 is 0 Å². The first kappa shape index (κ1) is 19.1. The Morgan fingerprint density at radius 2 is 1.86 bits per heavy atom. The van der Waals surface area contributed by atoms with Crippen molar-refractivity contribution in [3.8, 4) is 11.3 Å². The predicted molar refractivity (Wildman–Crippen MR) is 113 cm³/mol. The van der Waals surface area contributed by atoms with Crippen molar-refractivity contribution in [1.82, 2.24) is 14.9 Å². The average molecular weight is 387 g/mol. The zero-order chi connectivity index (χ0) is 20.4. The largest absolute Gasteiger partial charge is 0.358 e. The number of nitrogens with zero attached hydrogens (tertiary/aromatic N) is 2. The Hall–Kier alpha value is -3.21. The Morgan fingerprint density at radius 1 is 1.14 bits per heavy atom. The molecule has 1 unspecified atom stereocenters. The number of hydrogen-bond acceptors (Lipinski definition) is 3. The molecule has 1 N–H and O–H groups in total. The second-order valence-corrected chi connectivity index (χ2v) is 7.61. The molecule has 5 heteroatoms. The van der Waals surface area contributed by atoms with Crippen LogP contribution in [0.15, 0.2) is 54.9 Å². The van der Waals surface area contributed by atoms with E-state index in [0.29, 0.717) is 19.4 Å². The standard InChI is InChI=1S/C24H25N3O2/c1-3-27(2)24(29)18-14-20-22(21(28)15-18)19(13-16-7-5-4-6-8-16)23(26-20)17-9-11-25-12-10-17/h4-12,18,26H,3,13-15H2,1-2H3. The molecule has 1 aliphatic rings. The van der Waals surface area contributed by atoms with Gasteiger partial charge < -0.3 is 9.88 Å². The number of aromatic amines is 1. The molecule has 148 valence electrons. The van der Waals surface area contributed by atoms with Crippen molar-refractivity contribution in [1.29, 1.82) is 0 Å². The van der Waals surface area contributed by atoms with Crippen molar-refractivity contribution in [2.24, 2.45) is 5.92 Å². The molecule has 2 aromatic heterocycles. The molecule has 0 spiro atoms. The molecule has 0 aliphatic heterocycles. The first-order valence-corrected chi connectivity index (χ1v) is 10.0. The molecule has 0 radical (unpaired) electrons. The van der Waals surface area contributed by atoms with Crippen molar-refractivity contribution in [3.05, 3.63) is 77.2 Å². The first-order chi connectivity index (χ1) is 14.1. The van der Waals surface area contributed by atoms with Crippen molar-refractivity contribution < 1.29 is 9.59 Å². The number of ketones is 1. The van der Waals surface area contributed by atoms with E-state index in [1.165, 1.54) is 0 Å². The van der Waals surface area contributed by atoms with Crippen LogP contribution in [0.5, 0.6) is 0 Å². The van der Waals surface area contributed by atoms with Crippen molar-refractivity contribution >= 4 is 11.7 Å². The molecular formula is C24H25N3O2. The van der Waals surface area contributed by atoms with Crippen LogP contribution in [0.25, 0.3) is 11.3 Å². The molecule has 0 fully saturated rings. The summed E-state index contributed by atoms with van der Waals surface area (Å²) in [6, 6.07) is 14.1. The van der Waals surface area contributed by atoms with Gasteiger partial charge in [0.15, 0.2) is 5.78 Å². The summed E-state index contributed by atoms with van der Waals surface area (Å²) >= 11 is 0. The maximum Gasteiger partial charge on any atom is 0.226 e. The van der Waals surface area contributed by atoms with E-state index in [2.05, 4.69) is 22.1 Å². The van der Waals surface area contributed by atoms with Crippen LogP contribution in [0.1, 0.15) is 40.5 Å². The molecule has 0 bridgehead atoms. The van der Waals surface area contributed by atoms with E-state index in [-0.39, 0.29) is 24.0 Å². The van der Waals surface area contributed by atoms with Gasteiger partial charge in [-0.05, 0) is 30.2 Å². The van der Waals surface area contributed by atoms with E-state index in [4.69, 9.17) is 0 Å². The fraction of sp³-hybridized carbons (Fsp3) is 0.292. The fourth-order valence-corrected chi connectivity index (χ4v) is 4.11. The van der Waals surface area contributed by atoms with Gasteiger partial charge in [-0.1, -0.05) is 30.3 Å². The van der Waals surface area contributed by atoms with Crippen LogP contribution in [0, 0.1) is 5.92 Å².